The van der Waals surface area contributed by atoms with Gasteiger partial charge in [0, 0.05) is 58.8 Å². The lowest BCUT2D eigenvalue weighted by molar-refractivity contribution is 0.00989. The molecule has 1 N–H and O–H groups in total. The maximum atomic E-state index is 5.94. The van der Waals surface area contributed by atoms with Gasteiger partial charge in [-0.1, -0.05) is 13.0 Å². The number of guanidine groups is 1. The molecule has 2 rings (SSSR count). The Morgan fingerprint density at radius 1 is 1.30 bits per heavy atom. The fourth-order valence-electron chi connectivity index (χ4n) is 3.08. The Morgan fingerprint density at radius 2 is 2.11 bits per heavy atom. The third-order valence-electron chi connectivity index (χ3n) is 4.53. The second-order valence-corrected chi connectivity index (χ2v) is 6.62. The zero-order valence-electron chi connectivity index (χ0n) is 16.9. The maximum Gasteiger partial charge on any atom is 0.218 e. The second-order valence-electron chi connectivity index (χ2n) is 6.62. The molecule has 1 aromatic rings. The molecule has 0 saturated carbocycles. The number of aliphatic imine (C=N–C) groups is 1. The van der Waals surface area contributed by atoms with Crippen LogP contribution in [0.25, 0.3) is 0 Å². The molecular weight excluding hydrogens is 344 g/mol. The summed E-state index contributed by atoms with van der Waals surface area (Å²) in [6, 6.07) is 3.98. The first-order valence-electron chi connectivity index (χ1n) is 9.91. The Balaban J connectivity index is 1.78. The number of hydrogen-bond acceptors (Lipinski definition) is 5. The Morgan fingerprint density at radius 3 is 2.81 bits per heavy atom. The molecule has 0 aromatic carbocycles. The minimum Gasteiger partial charge on any atom is -0.477 e. The van der Waals surface area contributed by atoms with Crippen LogP contribution in [0.3, 0.4) is 0 Å². The number of piperidine rings is 1. The Labute approximate surface area is 163 Å². The van der Waals surface area contributed by atoms with Gasteiger partial charge in [0.05, 0.1) is 12.7 Å². The molecule has 1 aromatic heterocycles. The molecule has 2 heterocycles. The van der Waals surface area contributed by atoms with E-state index >= 15 is 0 Å². The topological polar surface area (TPSA) is 68.2 Å². The molecule has 0 aliphatic carbocycles. The number of methoxy groups -OCH3 is 1. The van der Waals surface area contributed by atoms with Gasteiger partial charge in [0.2, 0.25) is 5.88 Å². The number of likely N-dealkylation sites (tertiary alicyclic amines) is 1. The van der Waals surface area contributed by atoms with Gasteiger partial charge in [-0.05, 0) is 31.7 Å². The van der Waals surface area contributed by atoms with Crippen LogP contribution in [-0.2, 0) is 16.0 Å². The molecule has 7 heteroatoms. The van der Waals surface area contributed by atoms with Crippen molar-refractivity contribution in [1.82, 2.24) is 15.2 Å². The fourth-order valence-corrected chi connectivity index (χ4v) is 3.08. The lowest BCUT2D eigenvalue weighted by Gasteiger charge is -2.34. The van der Waals surface area contributed by atoms with Crippen LogP contribution < -0.4 is 10.1 Å². The normalized spacial score (nSPS) is 15.8. The van der Waals surface area contributed by atoms with E-state index in [0.717, 1.165) is 63.5 Å². The molecule has 1 aliphatic rings. The third kappa shape index (κ3) is 7.34. The van der Waals surface area contributed by atoms with E-state index in [0.29, 0.717) is 25.1 Å². The maximum absolute atomic E-state index is 5.94. The van der Waals surface area contributed by atoms with Crippen molar-refractivity contribution in [3.8, 4) is 5.88 Å². The van der Waals surface area contributed by atoms with Crippen molar-refractivity contribution in [3.63, 3.8) is 0 Å². The first-order valence-corrected chi connectivity index (χ1v) is 9.91. The summed E-state index contributed by atoms with van der Waals surface area (Å²) in [6.45, 7) is 6.83. The van der Waals surface area contributed by atoms with Crippen molar-refractivity contribution in [3.05, 3.63) is 23.9 Å². The van der Waals surface area contributed by atoms with E-state index in [1.807, 2.05) is 19.2 Å². The Hall–Kier alpha value is -1.86. The second kappa shape index (κ2) is 12.5. The highest BCUT2D eigenvalue weighted by molar-refractivity contribution is 5.80. The lowest BCUT2D eigenvalue weighted by atomic mass is 10.1. The van der Waals surface area contributed by atoms with E-state index in [1.165, 1.54) is 0 Å². The molecule has 152 valence electrons. The summed E-state index contributed by atoms with van der Waals surface area (Å²) in [6.07, 6.45) is 6.06. The molecule has 0 unspecified atom stereocenters. The summed E-state index contributed by atoms with van der Waals surface area (Å²) in [7, 11) is 3.55. The van der Waals surface area contributed by atoms with Crippen molar-refractivity contribution >= 4 is 5.96 Å². The van der Waals surface area contributed by atoms with Crippen molar-refractivity contribution < 1.29 is 14.2 Å². The number of hydrogen-bond donors (Lipinski definition) is 1. The number of nitrogens with zero attached hydrogens (tertiary/aromatic N) is 3. The molecule has 0 atom stereocenters. The van der Waals surface area contributed by atoms with Gasteiger partial charge in [-0.3, -0.25) is 4.99 Å². The molecule has 0 bridgehead atoms. The summed E-state index contributed by atoms with van der Waals surface area (Å²) in [4.78, 5) is 11.1. The van der Waals surface area contributed by atoms with Gasteiger partial charge in [-0.25, -0.2) is 4.98 Å². The molecule has 0 spiro atoms. The monoisotopic (exact) mass is 378 g/mol. The summed E-state index contributed by atoms with van der Waals surface area (Å²) >= 11 is 0. The van der Waals surface area contributed by atoms with Gasteiger partial charge in [-0.2, -0.15) is 0 Å². The van der Waals surface area contributed by atoms with Crippen molar-refractivity contribution in [2.75, 3.05) is 47.1 Å². The van der Waals surface area contributed by atoms with Crippen molar-refractivity contribution in [1.29, 1.82) is 0 Å². The number of rotatable bonds is 10. The highest BCUT2D eigenvalue weighted by Crippen LogP contribution is 2.16. The van der Waals surface area contributed by atoms with E-state index in [-0.39, 0.29) is 0 Å². The number of aromatic nitrogens is 1. The van der Waals surface area contributed by atoms with Crippen molar-refractivity contribution in [2.24, 2.45) is 4.99 Å². The average molecular weight is 379 g/mol. The van der Waals surface area contributed by atoms with Crippen LogP contribution >= 0.6 is 0 Å². The molecule has 0 radical (unpaired) electrons. The van der Waals surface area contributed by atoms with Crippen LogP contribution in [-0.4, -0.2) is 69.0 Å². The van der Waals surface area contributed by atoms with Crippen LogP contribution in [0.1, 0.15) is 38.2 Å². The Bertz CT molecular complexity index is 560. The number of ether oxygens (including phenoxy) is 3. The van der Waals surface area contributed by atoms with Crippen LogP contribution in [0.5, 0.6) is 5.88 Å². The standard InChI is InChI=1S/C20H34N4O3/c1-4-13-27-19-17(7-5-10-22-19)16-23-20(21-2)24-11-8-18(9-12-24)26-15-6-14-25-3/h5,7,10,18H,4,6,8-9,11-16H2,1-3H3,(H,21,23). The van der Waals surface area contributed by atoms with Gasteiger partial charge in [-0.15, -0.1) is 0 Å². The third-order valence-corrected chi connectivity index (χ3v) is 4.53. The van der Waals surface area contributed by atoms with Gasteiger partial charge in [0.1, 0.15) is 0 Å². The molecule has 1 saturated heterocycles. The number of nitrogens with one attached hydrogen (secondary N) is 1. The highest BCUT2D eigenvalue weighted by atomic mass is 16.5. The first kappa shape index (κ1) is 21.4. The average Bonchev–Trinajstić information content (AvgIpc) is 2.72. The van der Waals surface area contributed by atoms with Crippen LogP contribution in [0, 0.1) is 0 Å². The molecule has 0 amide bonds. The molecule has 1 fully saturated rings. The van der Waals surface area contributed by atoms with E-state index in [4.69, 9.17) is 14.2 Å². The summed E-state index contributed by atoms with van der Waals surface area (Å²) in [5.74, 6) is 1.61. The summed E-state index contributed by atoms with van der Waals surface area (Å²) in [5, 5.41) is 3.45. The van der Waals surface area contributed by atoms with Gasteiger partial charge in [0.15, 0.2) is 5.96 Å². The molecule has 7 nitrogen and oxygen atoms in total. The highest BCUT2D eigenvalue weighted by Gasteiger charge is 2.22. The van der Waals surface area contributed by atoms with E-state index in [2.05, 4.69) is 27.1 Å². The van der Waals surface area contributed by atoms with E-state index in [1.54, 1.807) is 13.3 Å². The molecule has 27 heavy (non-hydrogen) atoms. The predicted octanol–water partition coefficient (Wildman–Crippen LogP) is 2.46. The number of pyridine rings is 1. The Kier molecular flexibility index (Phi) is 9.94. The quantitative estimate of drug-likeness (QED) is 0.383. The molecular formula is C20H34N4O3. The van der Waals surface area contributed by atoms with Crippen molar-refractivity contribution in [2.45, 2.75) is 45.3 Å². The predicted molar refractivity (Wildman–Crippen MR) is 107 cm³/mol. The van der Waals surface area contributed by atoms with E-state index in [9.17, 15) is 0 Å². The lowest BCUT2D eigenvalue weighted by Crippen LogP contribution is -2.46. The van der Waals surface area contributed by atoms with Crippen LogP contribution in [0.4, 0.5) is 0 Å². The van der Waals surface area contributed by atoms with Gasteiger partial charge < -0.3 is 24.4 Å². The van der Waals surface area contributed by atoms with Gasteiger partial charge >= 0.3 is 0 Å². The van der Waals surface area contributed by atoms with E-state index < -0.39 is 0 Å². The van der Waals surface area contributed by atoms with Crippen LogP contribution in [0.15, 0.2) is 23.3 Å². The molecule has 1 aliphatic heterocycles. The zero-order valence-corrected chi connectivity index (χ0v) is 16.9. The van der Waals surface area contributed by atoms with Crippen LogP contribution in [0.2, 0.25) is 0 Å². The fraction of sp³-hybridized carbons (Fsp3) is 0.700. The largest absolute Gasteiger partial charge is 0.477 e. The van der Waals surface area contributed by atoms with Gasteiger partial charge in [0.25, 0.3) is 0 Å². The zero-order chi connectivity index (χ0) is 19.3. The SMILES string of the molecule is CCCOc1ncccc1CNC(=NC)N1CCC(OCCCOC)CC1. The first-order chi connectivity index (χ1) is 13.3. The summed E-state index contributed by atoms with van der Waals surface area (Å²) < 4.78 is 16.7. The summed E-state index contributed by atoms with van der Waals surface area (Å²) in [5.41, 5.74) is 1.04. The minimum atomic E-state index is 0.337. The minimum absolute atomic E-state index is 0.337. The smallest absolute Gasteiger partial charge is 0.218 e.